The molecule has 1 amide bonds. The smallest absolute Gasteiger partial charge is 0.240 e. The minimum atomic E-state index is -3.65. The van der Waals surface area contributed by atoms with Gasteiger partial charge in [-0.15, -0.1) is 0 Å². The van der Waals surface area contributed by atoms with Crippen LogP contribution in [0.25, 0.3) is 0 Å². The van der Waals surface area contributed by atoms with Crippen LogP contribution in [0.3, 0.4) is 0 Å². The average molecular weight is 399 g/mol. The van der Waals surface area contributed by atoms with Crippen molar-refractivity contribution < 1.29 is 17.6 Å². The summed E-state index contributed by atoms with van der Waals surface area (Å²) in [5, 5.41) is 3.10. The van der Waals surface area contributed by atoms with E-state index in [9.17, 15) is 17.6 Å². The van der Waals surface area contributed by atoms with E-state index < -0.39 is 15.9 Å². The number of hydrogen-bond donors (Lipinski definition) is 1. The fourth-order valence-corrected chi connectivity index (χ4v) is 3.34. The summed E-state index contributed by atoms with van der Waals surface area (Å²) in [6, 6.07) is 10.8. The molecule has 0 radical (unpaired) electrons. The molecule has 0 saturated heterocycles. The van der Waals surface area contributed by atoms with E-state index in [1.54, 1.807) is 31.2 Å². The van der Waals surface area contributed by atoms with Crippen molar-refractivity contribution in [3.8, 4) is 0 Å². The number of anilines is 1. The first-order chi connectivity index (χ1) is 12.2. The predicted molar refractivity (Wildman–Crippen MR) is 101 cm³/mol. The largest absolute Gasteiger partial charge is 0.354 e. The zero-order valence-electron chi connectivity index (χ0n) is 14.5. The molecule has 5 nitrogen and oxygen atoms in total. The quantitative estimate of drug-likeness (QED) is 0.779. The Morgan fingerprint density at radius 2 is 1.85 bits per heavy atom. The monoisotopic (exact) mass is 398 g/mol. The molecular weight excluding hydrogens is 379 g/mol. The Bertz CT molecular complexity index is 886. The number of sulfonamides is 1. The second kappa shape index (κ2) is 8.51. The first-order valence-electron chi connectivity index (χ1n) is 7.92. The minimum Gasteiger partial charge on any atom is -0.354 e. The van der Waals surface area contributed by atoms with Gasteiger partial charge in [0.05, 0.1) is 11.9 Å². The number of rotatable bonds is 7. The van der Waals surface area contributed by atoms with Crippen LogP contribution in [0.1, 0.15) is 11.1 Å². The first kappa shape index (κ1) is 20.2. The molecule has 1 N–H and O–H groups in total. The van der Waals surface area contributed by atoms with Gasteiger partial charge in [-0.25, -0.2) is 12.8 Å². The van der Waals surface area contributed by atoms with Crippen molar-refractivity contribution in [3.05, 3.63) is 64.4 Å². The van der Waals surface area contributed by atoms with Crippen LogP contribution in [0.15, 0.2) is 42.5 Å². The summed E-state index contributed by atoms with van der Waals surface area (Å²) in [5.41, 5.74) is 2.02. The highest BCUT2D eigenvalue weighted by molar-refractivity contribution is 7.92. The maximum atomic E-state index is 12.9. The molecule has 8 heteroatoms. The zero-order chi connectivity index (χ0) is 19.3. The van der Waals surface area contributed by atoms with Crippen molar-refractivity contribution >= 4 is 33.2 Å². The summed E-state index contributed by atoms with van der Waals surface area (Å²) >= 11 is 6.06. The molecule has 2 aromatic carbocycles. The Hall–Kier alpha value is -2.12. The summed E-state index contributed by atoms with van der Waals surface area (Å²) in [6.45, 7) is 1.78. The van der Waals surface area contributed by atoms with E-state index in [1.807, 2.05) is 0 Å². The molecule has 0 aliphatic rings. The number of aryl methyl sites for hydroxylation is 1. The molecule has 26 heavy (non-hydrogen) atoms. The van der Waals surface area contributed by atoms with Crippen LogP contribution in [0.2, 0.25) is 5.02 Å². The Balaban J connectivity index is 2.00. The lowest BCUT2D eigenvalue weighted by atomic mass is 10.1. The minimum absolute atomic E-state index is 0.316. The van der Waals surface area contributed by atoms with Gasteiger partial charge in [0.1, 0.15) is 12.4 Å². The summed E-state index contributed by atoms with van der Waals surface area (Å²) in [5.74, 6) is -0.757. The fourth-order valence-electron chi connectivity index (χ4n) is 2.32. The van der Waals surface area contributed by atoms with Gasteiger partial charge in [0.25, 0.3) is 0 Å². The number of halogens is 2. The maximum absolute atomic E-state index is 12.9. The third-order valence-electron chi connectivity index (χ3n) is 3.78. The molecule has 0 atom stereocenters. The molecule has 0 aromatic heterocycles. The number of carbonyl (C=O) groups is 1. The number of carbonyl (C=O) groups excluding carboxylic acids is 1. The predicted octanol–water partition coefficient (Wildman–Crippen LogP) is 2.91. The number of nitrogens with zero attached hydrogens (tertiary/aromatic N) is 1. The van der Waals surface area contributed by atoms with Gasteiger partial charge in [0.15, 0.2) is 0 Å². The second-order valence-electron chi connectivity index (χ2n) is 5.93. The first-order valence-corrected chi connectivity index (χ1v) is 10.1. The number of hydrogen-bond acceptors (Lipinski definition) is 3. The van der Waals surface area contributed by atoms with E-state index in [4.69, 9.17) is 11.6 Å². The zero-order valence-corrected chi connectivity index (χ0v) is 16.1. The van der Waals surface area contributed by atoms with Gasteiger partial charge >= 0.3 is 0 Å². The van der Waals surface area contributed by atoms with Gasteiger partial charge in [-0.05, 0) is 48.7 Å². The van der Waals surface area contributed by atoms with Crippen molar-refractivity contribution in [2.45, 2.75) is 13.3 Å². The van der Waals surface area contributed by atoms with Gasteiger partial charge in [-0.3, -0.25) is 9.10 Å². The molecule has 0 heterocycles. The van der Waals surface area contributed by atoms with E-state index in [0.717, 1.165) is 21.7 Å². The topological polar surface area (TPSA) is 66.5 Å². The Labute approximate surface area is 157 Å². The van der Waals surface area contributed by atoms with Crippen LogP contribution < -0.4 is 9.62 Å². The summed E-state index contributed by atoms with van der Waals surface area (Å²) in [6.07, 6.45) is 1.55. The van der Waals surface area contributed by atoms with Gasteiger partial charge in [-0.1, -0.05) is 29.8 Å². The highest BCUT2D eigenvalue weighted by Crippen LogP contribution is 2.24. The normalized spacial score (nSPS) is 11.2. The standard InChI is InChI=1S/C18H20ClFN2O3S/c1-13-3-8-16(11-17(13)19)22(26(2,24)25)12-18(23)21-10-9-14-4-6-15(20)7-5-14/h3-8,11H,9-10,12H2,1-2H3,(H,21,23). The van der Waals surface area contributed by atoms with Crippen molar-refractivity contribution in [3.63, 3.8) is 0 Å². The molecule has 140 valence electrons. The van der Waals surface area contributed by atoms with Crippen molar-refractivity contribution in [2.24, 2.45) is 0 Å². The van der Waals surface area contributed by atoms with E-state index in [2.05, 4.69) is 5.32 Å². The molecule has 0 unspecified atom stereocenters. The molecule has 0 fully saturated rings. The molecular formula is C18H20ClFN2O3S. The number of nitrogens with one attached hydrogen (secondary N) is 1. The highest BCUT2D eigenvalue weighted by atomic mass is 35.5. The molecule has 0 saturated carbocycles. The van der Waals surface area contributed by atoms with Crippen molar-refractivity contribution in [1.82, 2.24) is 5.32 Å². The molecule has 2 rings (SSSR count). The van der Waals surface area contributed by atoms with E-state index in [0.29, 0.717) is 23.7 Å². The SMILES string of the molecule is Cc1ccc(N(CC(=O)NCCc2ccc(F)cc2)S(C)(=O)=O)cc1Cl. The number of benzene rings is 2. The highest BCUT2D eigenvalue weighted by Gasteiger charge is 2.21. The lowest BCUT2D eigenvalue weighted by Gasteiger charge is -2.22. The third-order valence-corrected chi connectivity index (χ3v) is 5.33. The molecule has 0 bridgehead atoms. The van der Waals surface area contributed by atoms with Crippen LogP contribution >= 0.6 is 11.6 Å². The van der Waals surface area contributed by atoms with Crippen LogP contribution in [0.4, 0.5) is 10.1 Å². The second-order valence-corrected chi connectivity index (χ2v) is 8.24. The lowest BCUT2D eigenvalue weighted by molar-refractivity contribution is -0.119. The Kier molecular flexibility index (Phi) is 6.61. The maximum Gasteiger partial charge on any atom is 0.240 e. The van der Waals surface area contributed by atoms with Crippen LogP contribution in [-0.2, 0) is 21.2 Å². The molecule has 0 aliphatic heterocycles. The molecule has 2 aromatic rings. The summed E-state index contributed by atoms with van der Waals surface area (Å²) in [4.78, 5) is 12.2. The fraction of sp³-hybridized carbons (Fsp3) is 0.278. The van der Waals surface area contributed by atoms with Crippen LogP contribution in [0.5, 0.6) is 0 Å². The van der Waals surface area contributed by atoms with E-state index in [-0.39, 0.29) is 12.4 Å². The van der Waals surface area contributed by atoms with Gasteiger partial charge < -0.3 is 5.32 Å². The Morgan fingerprint density at radius 3 is 2.42 bits per heavy atom. The van der Waals surface area contributed by atoms with E-state index >= 15 is 0 Å². The average Bonchev–Trinajstić information content (AvgIpc) is 2.56. The summed E-state index contributed by atoms with van der Waals surface area (Å²) in [7, 11) is -3.65. The number of amides is 1. The van der Waals surface area contributed by atoms with Crippen molar-refractivity contribution in [2.75, 3.05) is 23.7 Å². The van der Waals surface area contributed by atoms with Gasteiger partial charge in [0.2, 0.25) is 15.9 Å². The van der Waals surface area contributed by atoms with Gasteiger partial charge in [0, 0.05) is 11.6 Å². The van der Waals surface area contributed by atoms with E-state index in [1.165, 1.54) is 18.2 Å². The Morgan fingerprint density at radius 1 is 1.19 bits per heavy atom. The van der Waals surface area contributed by atoms with Crippen LogP contribution in [-0.4, -0.2) is 33.7 Å². The third kappa shape index (κ3) is 5.71. The lowest BCUT2D eigenvalue weighted by Crippen LogP contribution is -2.41. The van der Waals surface area contributed by atoms with Gasteiger partial charge in [-0.2, -0.15) is 0 Å². The molecule has 0 aliphatic carbocycles. The summed E-state index contributed by atoms with van der Waals surface area (Å²) < 4.78 is 38.0. The van der Waals surface area contributed by atoms with Crippen molar-refractivity contribution in [1.29, 1.82) is 0 Å². The molecule has 0 spiro atoms. The van der Waals surface area contributed by atoms with Crippen LogP contribution in [0, 0.1) is 12.7 Å².